The standard InChI is InChI=1S/C21H25N5O/c1-3-9-26-19-12-16-6-4-5-15(16)10-17(19)11-18(21(26)27)13-22-8-7-20-23-14(2)24-25-20/h3,10-12,22H,1,4-9,13H2,2H3,(H,23,24,25). The van der Waals surface area contributed by atoms with Gasteiger partial charge in [0.15, 0.2) is 5.82 Å². The fourth-order valence-corrected chi connectivity index (χ4v) is 3.87. The van der Waals surface area contributed by atoms with E-state index in [4.69, 9.17) is 0 Å². The highest BCUT2D eigenvalue weighted by Crippen LogP contribution is 2.27. The first kappa shape index (κ1) is 17.7. The summed E-state index contributed by atoms with van der Waals surface area (Å²) >= 11 is 0. The van der Waals surface area contributed by atoms with E-state index in [2.05, 4.69) is 39.2 Å². The number of nitrogens with zero attached hydrogens (tertiary/aromatic N) is 3. The maximum Gasteiger partial charge on any atom is 0.255 e. The number of pyridine rings is 1. The number of aromatic nitrogens is 4. The van der Waals surface area contributed by atoms with Gasteiger partial charge >= 0.3 is 0 Å². The van der Waals surface area contributed by atoms with Gasteiger partial charge in [0.05, 0.1) is 5.52 Å². The molecular formula is C21H25N5O. The number of fused-ring (bicyclic) bond motifs is 2. The number of rotatable bonds is 7. The Kier molecular flexibility index (Phi) is 4.90. The first-order valence-corrected chi connectivity index (χ1v) is 9.53. The Bertz CT molecular complexity index is 1050. The molecule has 27 heavy (non-hydrogen) atoms. The first-order valence-electron chi connectivity index (χ1n) is 9.53. The van der Waals surface area contributed by atoms with Crippen LogP contribution in [-0.4, -0.2) is 26.3 Å². The highest BCUT2D eigenvalue weighted by Gasteiger charge is 2.15. The van der Waals surface area contributed by atoms with E-state index in [1.807, 2.05) is 17.6 Å². The van der Waals surface area contributed by atoms with Crippen LogP contribution in [0, 0.1) is 6.92 Å². The molecule has 6 nitrogen and oxygen atoms in total. The quantitative estimate of drug-likeness (QED) is 0.499. The monoisotopic (exact) mass is 363 g/mol. The Morgan fingerprint density at radius 2 is 2.11 bits per heavy atom. The smallest absolute Gasteiger partial charge is 0.255 e. The van der Waals surface area contributed by atoms with Crippen LogP contribution in [0.5, 0.6) is 0 Å². The lowest BCUT2D eigenvalue weighted by Gasteiger charge is -2.14. The molecule has 0 amide bonds. The van der Waals surface area contributed by atoms with Crippen LogP contribution in [0.4, 0.5) is 0 Å². The topological polar surface area (TPSA) is 75.6 Å². The molecule has 0 spiro atoms. The van der Waals surface area contributed by atoms with E-state index in [-0.39, 0.29) is 5.56 Å². The Balaban J connectivity index is 1.58. The fraction of sp³-hybridized carbons (Fsp3) is 0.381. The number of aromatic amines is 1. The highest BCUT2D eigenvalue weighted by atomic mass is 16.1. The molecule has 1 aliphatic carbocycles. The Morgan fingerprint density at radius 1 is 1.30 bits per heavy atom. The van der Waals surface area contributed by atoms with Crippen LogP contribution in [0.1, 0.15) is 34.8 Å². The van der Waals surface area contributed by atoms with Crippen LogP contribution < -0.4 is 10.9 Å². The molecule has 0 fully saturated rings. The van der Waals surface area contributed by atoms with Gasteiger partial charge < -0.3 is 9.88 Å². The zero-order valence-corrected chi connectivity index (χ0v) is 15.7. The molecule has 1 aromatic carbocycles. The van der Waals surface area contributed by atoms with Crippen molar-refractivity contribution in [3.05, 3.63) is 69.5 Å². The van der Waals surface area contributed by atoms with Crippen LogP contribution in [0.2, 0.25) is 0 Å². The predicted octanol–water partition coefficient (Wildman–Crippen LogP) is 2.44. The average Bonchev–Trinajstić information content (AvgIpc) is 3.28. The summed E-state index contributed by atoms with van der Waals surface area (Å²) in [6.07, 6.45) is 5.96. The predicted molar refractivity (Wildman–Crippen MR) is 107 cm³/mol. The van der Waals surface area contributed by atoms with Gasteiger partial charge in [0.2, 0.25) is 0 Å². The van der Waals surface area contributed by atoms with Gasteiger partial charge in [0.1, 0.15) is 5.82 Å². The van der Waals surface area contributed by atoms with E-state index < -0.39 is 0 Å². The Labute approximate surface area is 158 Å². The molecule has 2 aromatic heterocycles. The molecule has 3 aromatic rings. The summed E-state index contributed by atoms with van der Waals surface area (Å²) in [4.78, 5) is 17.3. The third kappa shape index (κ3) is 3.57. The summed E-state index contributed by atoms with van der Waals surface area (Å²) in [5.74, 6) is 1.61. The van der Waals surface area contributed by atoms with Crippen molar-refractivity contribution >= 4 is 10.9 Å². The maximum absolute atomic E-state index is 13.0. The van der Waals surface area contributed by atoms with Crippen molar-refractivity contribution in [3.8, 4) is 0 Å². The van der Waals surface area contributed by atoms with E-state index in [1.54, 1.807) is 6.08 Å². The summed E-state index contributed by atoms with van der Waals surface area (Å²) in [6.45, 7) is 7.49. The molecule has 0 unspecified atom stereocenters. The third-order valence-corrected chi connectivity index (χ3v) is 5.18. The van der Waals surface area contributed by atoms with Crippen molar-refractivity contribution in [1.82, 2.24) is 25.1 Å². The minimum Gasteiger partial charge on any atom is -0.312 e. The van der Waals surface area contributed by atoms with E-state index in [9.17, 15) is 4.79 Å². The Morgan fingerprint density at radius 3 is 2.85 bits per heavy atom. The van der Waals surface area contributed by atoms with Gasteiger partial charge in [-0.1, -0.05) is 6.08 Å². The summed E-state index contributed by atoms with van der Waals surface area (Å²) in [7, 11) is 0. The highest BCUT2D eigenvalue weighted by molar-refractivity contribution is 5.82. The molecule has 1 aliphatic rings. The van der Waals surface area contributed by atoms with Crippen molar-refractivity contribution in [3.63, 3.8) is 0 Å². The second-order valence-corrected chi connectivity index (χ2v) is 7.17. The van der Waals surface area contributed by atoms with Crippen LogP contribution in [0.15, 0.2) is 35.6 Å². The lowest BCUT2D eigenvalue weighted by atomic mass is 10.0. The van der Waals surface area contributed by atoms with Crippen LogP contribution in [-0.2, 0) is 32.4 Å². The maximum atomic E-state index is 13.0. The van der Waals surface area contributed by atoms with Crippen molar-refractivity contribution < 1.29 is 0 Å². The fourth-order valence-electron chi connectivity index (χ4n) is 3.87. The normalized spacial score (nSPS) is 13.2. The summed E-state index contributed by atoms with van der Waals surface area (Å²) in [6, 6.07) is 6.50. The van der Waals surface area contributed by atoms with Crippen LogP contribution in [0.3, 0.4) is 0 Å². The largest absolute Gasteiger partial charge is 0.312 e. The number of allylic oxidation sites excluding steroid dienone is 1. The molecule has 0 radical (unpaired) electrons. The van der Waals surface area contributed by atoms with E-state index in [0.717, 1.165) is 53.9 Å². The van der Waals surface area contributed by atoms with Gasteiger partial charge in [-0.3, -0.25) is 9.89 Å². The average molecular weight is 363 g/mol. The molecule has 6 heteroatoms. The summed E-state index contributed by atoms with van der Waals surface area (Å²) in [5, 5.41) is 11.5. The molecule has 2 heterocycles. The van der Waals surface area contributed by atoms with E-state index in [1.165, 1.54) is 17.5 Å². The van der Waals surface area contributed by atoms with E-state index >= 15 is 0 Å². The second-order valence-electron chi connectivity index (χ2n) is 7.17. The van der Waals surface area contributed by atoms with Crippen LogP contribution >= 0.6 is 0 Å². The van der Waals surface area contributed by atoms with Crippen LogP contribution in [0.25, 0.3) is 10.9 Å². The number of nitrogens with one attached hydrogen (secondary N) is 2. The molecule has 0 bridgehead atoms. The molecule has 4 rings (SSSR count). The van der Waals surface area contributed by atoms with Crippen molar-refractivity contribution in [2.75, 3.05) is 6.54 Å². The number of benzene rings is 1. The summed E-state index contributed by atoms with van der Waals surface area (Å²) < 4.78 is 1.84. The Hall–Kier alpha value is -2.73. The zero-order chi connectivity index (χ0) is 18.8. The van der Waals surface area contributed by atoms with Crippen molar-refractivity contribution in [1.29, 1.82) is 0 Å². The lowest BCUT2D eigenvalue weighted by Crippen LogP contribution is -2.28. The van der Waals surface area contributed by atoms with Gasteiger partial charge in [0.25, 0.3) is 5.56 Å². The summed E-state index contributed by atoms with van der Waals surface area (Å²) in [5.41, 5.74) is 4.66. The minimum atomic E-state index is 0.0570. The molecule has 0 saturated heterocycles. The van der Waals surface area contributed by atoms with Crippen molar-refractivity contribution in [2.24, 2.45) is 0 Å². The molecule has 0 atom stereocenters. The molecule has 140 valence electrons. The minimum absolute atomic E-state index is 0.0570. The number of hydrogen-bond donors (Lipinski definition) is 2. The third-order valence-electron chi connectivity index (χ3n) is 5.18. The first-order chi connectivity index (χ1) is 13.2. The van der Waals surface area contributed by atoms with Gasteiger partial charge in [-0.15, -0.1) is 6.58 Å². The van der Waals surface area contributed by atoms with Crippen molar-refractivity contribution in [2.45, 2.75) is 45.7 Å². The molecular weight excluding hydrogens is 338 g/mol. The lowest BCUT2D eigenvalue weighted by molar-refractivity contribution is 0.660. The number of aryl methyl sites for hydroxylation is 3. The van der Waals surface area contributed by atoms with Gasteiger partial charge in [-0.25, -0.2) is 4.98 Å². The number of H-pyrrole nitrogens is 1. The van der Waals surface area contributed by atoms with E-state index in [0.29, 0.717) is 13.1 Å². The molecule has 0 saturated carbocycles. The molecule has 0 aliphatic heterocycles. The number of hydrogen-bond acceptors (Lipinski definition) is 4. The second kappa shape index (κ2) is 7.48. The zero-order valence-electron chi connectivity index (χ0n) is 15.7. The SMILES string of the molecule is C=CCn1c(=O)c(CNCCc2n[nH]c(C)n2)cc2cc3c(cc21)CCC3. The molecule has 2 N–H and O–H groups in total. The van der Waals surface area contributed by atoms with Gasteiger partial charge in [-0.2, -0.15) is 5.10 Å². The van der Waals surface area contributed by atoms with Gasteiger partial charge in [0, 0.05) is 31.6 Å². The van der Waals surface area contributed by atoms with Gasteiger partial charge in [-0.05, 0) is 60.9 Å².